The monoisotopic (exact) mass is 350 g/mol. The van der Waals surface area contributed by atoms with E-state index in [-0.39, 0.29) is 11.7 Å². The molecule has 0 amide bonds. The molecular weight excluding hydrogens is 332 g/mol. The fourth-order valence-corrected chi connectivity index (χ4v) is 3.51. The fourth-order valence-electron chi connectivity index (χ4n) is 3.51. The van der Waals surface area contributed by atoms with Gasteiger partial charge in [-0.05, 0) is 29.3 Å². The molecule has 1 unspecified atom stereocenters. The molecule has 1 atom stereocenters. The summed E-state index contributed by atoms with van der Waals surface area (Å²) in [4.78, 5) is 16.2. The quantitative estimate of drug-likeness (QED) is 0.487. The Labute approximate surface area is 157 Å². The van der Waals surface area contributed by atoms with Gasteiger partial charge in [0.25, 0.3) is 0 Å². The van der Waals surface area contributed by atoms with Crippen LogP contribution in [0.3, 0.4) is 0 Å². The van der Waals surface area contributed by atoms with Crippen LogP contribution >= 0.6 is 0 Å². The van der Waals surface area contributed by atoms with E-state index in [4.69, 9.17) is 5.26 Å². The summed E-state index contributed by atoms with van der Waals surface area (Å²) in [6, 6.07) is 27.2. The third-order valence-corrected chi connectivity index (χ3v) is 4.92. The molecule has 4 rings (SSSR count). The van der Waals surface area contributed by atoms with Crippen LogP contribution in [0.1, 0.15) is 39.4 Å². The maximum absolute atomic E-state index is 12.9. The van der Waals surface area contributed by atoms with Crippen LogP contribution in [0.25, 0.3) is 10.9 Å². The first-order chi connectivity index (χ1) is 13.3. The number of nitriles is 1. The summed E-state index contributed by atoms with van der Waals surface area (Å²) >= 11 is 0. The van der Waals surface area contributed by atoms with E-state index >= 15 is 0 Å². The van der Waals surface area contributed by atoms with Crippen molar-refractivity contribution in [3.8, 4) is 6.07 Å². The van der Waals surface area contributed by atoms with E-state index in [1.807, 2.05) is 79.0 Å². The number of hydrogen-bond acceptors (Lipinski definition) is 2. The summed E-state index contributed by atoms with van der Waals surface area (Å²) in [6.45, 7) is 0. The Morgan fingerprint density at radius 2 is 1.63 bits per heavy atom. The predicted molar refractivity (Wildman–Crippen MR) is 107 cm³/mol. The number of rotatable bonds is 5. The number of benzene rings is 3. The van der Waals surface area contributed by atoms with Gasteiger partial charge >= 0.3 is 0 Å². The summed E-state index contributed by atoms with van der Waals surface area (Å²) in [5.41, 5.74) is 4.52. The lowest BCUT2D eigenvalue weighted by atomic mass is 9.85. The number of hydrogen-bond donors (Lipinski definition) is 1. The van der Waals surface area contributed by atoms with E-state index in [1.165, 1.54) is 0 Å². The molecule has 0 spiro atoms. The van der Waals surface area contributed by atoms with Gasteiger partial charge in [-0.2, -0.15) is 5.26 Å². The minimum Gasteiger partial charge on any atom is -0.361 e. The Morgan fingerprint density at radius 3 is 2.37 bits per heavy atom. The van der Waals surface area contributed by atoms with Crippen LogP contribution in [-0.2, 0) is 0 Å². The first-order valence-electron chi connectivity index (χ1n) is 8.90. The number of H-pyrrole nitrogens is 1. The lowest BCUT2D eigenvalue weighted by Gasteiger charge is -2.17. The van der Waals surface area contributed by atoms with Crippen molar-refractivity contribution >= 4 is 16.7 Å². The molecular formula is C24H18N2O. The van der Waals surface area contributed by atoms with Crippen molar-refractivity contribution in [2.45, 2.75) is 12.3 Å². The summed E-state index contributed by atoms with van der Waals surface area (Å²) in [6.07, 6.45) is 2.36. The maximum atomic E-state index is 12.9. The zero-order valence-corrected chi connectivity index (χ0v) is 14.7. The molecule has 3 heteroatoms. The van der Waals surface area contributed by atoms with Gasteiger partial charge in [0.1, 0.15) is 0 Å². The van der Waals surface area contributed by atoms with Gasteiger partial charge in [0.05, 0.1) is 11.6 Å². The molecule has 0 saturated carbocycles. The number of carbonyl (C=O) groups is 1. The van der Waals surface area contributed by atoms with Crippen molar-refractivity contribution in [3.05, 3.63) is 107 Å². The lowest BCUT2D eigenvalue weighted by Crippen LogP contribution is -2.09. The molecule has 130 valence electrons. The normalized spacial score (nSPS) is 11.8. The minimum absolute atomic E-state index is 0.0819. The number of para-hydroxylation sites is 1. The first-order valence-corrected chi connectivity index (χ1v) is 8.90. The second kappa shape index (κ2) is 7.31. The van der Waals surface area contributed by atoms with Crippen molar-refractivity contribution < 1.29 is 4.79 Å². The number of fused-ring (bicyclic) bond motifs is 1. The topological polar surface area (TPSA) is 56.6 Å². The van der Waals surface area contributed by atoms with E-state index in [2.05, 4.69) is 17.1 Å². The second-order valence-corrected chi connectivity index (χ2v) is 6.57. The number of aromatic amines is 1. The Balaban J connectivity index is 1.77. The predicted octanol–water partition coefficient (Wildman–Crippen LogP) is 5.44. The minimum atomic E-state index is -0.0819. The van der Waals surface area contributed by atoms with E-state index in [9.17, 15) is 4.79 Å². The SMILES string of the molecule is N#Cc1ccc(C(CC(=O)c2ccccc2)c2c[nH]c3ccccc23)cc1. The van der Waals surface area contributed by atoms with Crippen LogP contribution in [0.2, 0.25) is 0 Å². The van der Waals surface area contributed by atoms with Gasteiger partial charge in [0.2, 0.25) is 0 Å². The number of nitrogens with one attached hydrogen (secondary N) is 1. The molecule has 0 bridgehead atoms. The van der Waals surface area contributed by atoms with E-state index < -0.39 is 0 Å². The van der Waals surface area contributed by atoms with Crippen molar-refractivity contribution in [1.29, 1.82) is 5.26 Å². The second-order valence-electron chi connectivity index (χ2n) is 6.57. The number of ketones is 1. The molecule has 3 nitrogen and oxygen atoms in total. The van der Waals surface area contributed by atoms with Crippen LogP contribution in [0.15, 0.2) is 85.1 Å². The van der Waals surface area contributed by atoms with E-state index in [0.717, 1.165) is 27.6 Å². The third kappa shape index (κ3) is 3.38. The molecule has 0 aliphatic rings. The molecule has 4 aromatic rings. The molecule has 0 aliphatic carbocycles. The Hall–Kier alpha value is -3.64. The van der Waals surface area contributed by atoms with Crippen LogP contribution in [0, 0.1) is 11.3 Å². The van der Waals surface area contributed by atoms with Gasteiger partial charge in [0.15, 0.2) is 5.78 Å². The Kier molecular flexibility index (Phi) is 4.55. The number of carbonyl (C=O) groups excluding carboxylic acids is 1. The molecule has 1 N–H and O–H groups in total. The zero-order valence-electron chi connectivity index (χ0n) is 14.7. The van der Waals surface area contributed by atoms with Crippen LogP contribution in [0.5, 0.6) is 0 Å². The van der Waals surface area contributed by atoms with Gasteiger partial charge < -0.3 is 4.98 Å². The number of nitrogens with zero attached hydrogens (tertiary/aromatic N) is 1. The summed E-state index contributed by atoms with van der Waals surface area (Å²) in [5, 5.41) is 10.2. The Morgan fingerprint density at radius 1 is 0.926 bits per heavy atom. The molecule has 0 radical (unpaired) electrons. The van der Waals surface area contributed by atoms with Gasteiger partial charge in [-0.25, -0.2) is 0 Å². The molecule has 27 heavy (non-hydrogen) atoms. The average molecular weight is 350 g/mol. The van der Waals surface area contributed by atoms with E-state index in [0.29, 0.717) is 12.0 Å². The smallest absolute Gasteiger partial charge is 0.163 e. The van der Waals surface area contributed by atoms with Gasteiger partial charge in [-0.3, -0.25) is 4.79 Å². The standard InChI is InChI=1S/C24H18N2O/c25-15-17-10-12-18(13-11-17)21(14-24(27)19-6-2-1-3-7-19)22-16-26-23-9-5-4-8-20(22)23/h1-13,16,21,26H,14H2. The lowest BCUT2D eigenvalue weighted by molar-refractivity contribution is 0.0978. The average Bonchev–Trinajstić information content (AvgIpc) is 3.16. The highest BCUT2D eigenvalue weighted by Gasteiger charge is 2.22. The van der Waals surface area contributed by atoms with Crippen molar-refractivity contribution in [2.75, 3.05) is 0 Å². The molecule has 3 aromatic carbocycles. The molecule has 0 saturated heterocycles. The highest BCUT2D eigenvalue weighted by Crippen LogP contribution is 2.34. The first kappa shape index (κ1) is 16.8. The maximum Gasteiger partial charge on any atom is 0.163 e. The highest BCUT2D eigenvalue weighted by molar-refractivity contribution is 5.97. The summed E-state index contributed by atoms with van der Waals surface area (Å²) in [5.74, 6) is 0.0249. The largest absolute Gasteiger partial charge is 0.361 e. The zero-order chi connectivity index (χ0) is 18.6. The number of Topliss-reactive ketones (excluding diaryl/α,β-unsaturated/α-hetero) is 1. The van der Waals surface area contributed by atoms with Gasteiger partial charge in [0, 0.05) is 35.0 Å². The summed E-state index contributed by atoms with van der Waals surface area (Å²) < 4.78 is 0. The molecule has 1 aromatic heterocycles. The van der Waals surface area contributed by atoms with Crippen molar-refractivity contribution in [2.24, 2.45) is 0 Å². The highest BCUT2D eigenvalue weighted by atomic mass is 16.1. The van der Waals surface area contributed by atoms with Crippen LogP contribution in [-0.4, -0.2) is 10.8 Å². The van der Waals surface area contributed by atoms with Crippen molar-refractivity contribution in [3.63, 3.8) is 0 Å². The van der Waals surface area contributed by atoms with Crippen LogP contribution in [0.4, 0.5) is 0 Å². The Bertz CT molecular complexity index is 1120. The van der Waals surface area contributed by atoms with Gasteiger partial charge in [-0.15, -0.1) is 0 Å². The summed E-state index contributed by atoms with van der Waals surface area (Å²) in [7, 11) is 0. The molecule has 1 heterocycles. The fraction of sp³-hybridized carbons (Fsp3) is 0.0833. The molecule has 0 aliphatic heterocycles. The van der Waals surface area contributed by atoms with E-state index in [1.54, 1.807) is 0 Å². The van der Waals surface area contributed by atoms with Gasteiger partial charge in [-0.1, -0.05) is 60.7 Å². The number of aromatic nitrogens is 1. The molecule has 0 fully saturated rings. The third-order valence-electron chi connectivity index (χ3n) is 4.92. The van der Waals surface area contributed by atoms with Crippen LogP contribution < -0.4 is 0 Å². The van der Waals surface area contributed by atoms with Crippen molar-refractivity contribution in [1.82, 2.24) is 4.98 Å².